The summed E-state index contributed by atoms with van der Waals surface area (Å²) in [6, 6.07) is 14.6. The number of rotatable bonds is 6. The number of pyridine rings is 1. The number of aryl methyl sites for hydroxylation is 1. The van der Waals surface area contributed by atoms with Gasteiger partial charge in [0.25, 0.3) is 0 Å². The van der Waals surface area contributed by atoms with Crippen molar-refractivity contribution in [1.29, 1.82) is 0 Å². The Kier molecular flexibility index (Phi) is 5.09. The highest BCUT2D eigenvalue weighted by Crippen LogP contribution is 2.28. The van der Waals surface area contributed by atoms with Crippen molar-refractivity contribution >= 4 is 51.1 Å². The van der Waals surface area contributed by atoms with E-state index < -0.39 is 0 Å². The van der Waals surface area contributed by atoms with Crippen molar-refractivity contribution in [2.45, 2.75) is 5.16 Å². The van der Waals surface area contributed by atoms with Gasteiger partial charge in [-0.3, -0.25) is 14.5 Å². The Morgan fingerprint density at radius 2 is 2.10 bits per heavy atom. The summed E-state index contributed by atoms with van der Waals surface area (Å²) in [5.74, 6) is 1.44. The highest BCUT2D eigenvalue weighted by Gasteiger charge is 2.18. The van der Waals surface area contributed by atoms with Crippen LogP contribution in [0, 0.1) is 0 Å². The van der Waals surface area contributed by atoms with Crippen LogP contribution < -0.4 is 4.74 Å². The van der Waals surface area contributed by atoms with E-state index in [9.17, 15) is 4.79 Å². The molecule has 0 saturated carbocycles. The summed E-state index contributed by atoms with van der Waals surface area (Å²) >= 11 is 7.35. The number of aromatic nitrogens is 5. The van der Waals surface area contributed by atoms with Gasteiger partial charge >= 0.3 is 0 Å². The molecule has 0 radical (unpaired) electrons. The predicted octanol–water partition coefficient (Wildman–Crippen LogP) is 5.27. The van der Waals surface area contributed by atoms with Gasteiger partial charge in [0.2, 0.25) is 0 Å². The number of fused-ring (bicyclic) bond motifs is 2. The van der Waals surface area contributed by atoms with Gasteiger partial charge in [-0.25, -0.2) is 4.98 Å². The standard InChI is InChI=1S/C22H16ClN5O2S/c1-28-19-10-14(30-15-3-2-8-24-11-15)5-6-16(19)21(27-28)20(29)12-31-22-25-17-7-4-13(23)9-18(17)26-22/h2-11H,12H2,1H3,(H,25,26). The van der Waals surface area contributed by atoms with Crippen LogP contribution in [0.1, 0.15) is 10.5 Å². The molecule has 0 spiro atoms. The van der Waals surface area contributed by atoms with Crippen molar-refractivity contribution in [1.82, 2.24) is 24.7 Å². The van der Waals surface area contributed by atoms with Crippen molar-refractivity contribution in [2.75, 3.05) is 5.75 Å². The molecule has 31 heavy (non-hydrogen) atoms. The molecule has 0 saturated heterocycles. The molecule has 0 aliphatic heterocycles. The van der Waals surface area contributed by atoms with Crippen molar-refractivity contribution in [3.8, 4) is 11.5 Å². The molecule has 0 fully saturated rings. The van der Waals surface area contributed by atoms with E-state index in [0.717, 1.165) is 21.9 Å². The fourth-order valence-electron chi connectivity index (χ4n) is 3.28. The van der Waals surface area contributed by atoms with Crippen LogP contribution in [0.3, 0.4) is 0 Å². The lowest BCUT2D eigenvalue weighted by Crippen LogP contribution is -2.05. The molecule has 0 unspecified atom stereocenters. The second-order valence-corrected chi connectivity index (χ2v) is 8.26. The SMILES string of the molecule is Cn1nc(C(=O)CSc2nc3cc(Cl)ccc3[nH]2)c2ccc(Oc3cccnc3)cc21. The topological polar surface area (TPSA) is 85.7 Å². The van der Waals surface area contributed by atoms with Crippen LogP contribution >= 0.6 is 23.4 Å². The van der Waals surface area contributed by atoms with Gasteiger partial charge in [-0.05, 0) is 42.5 Å². The van der Waals surface area contributed by atoms with Crippen LogP contribution in [0.2, 0.25) is 5.02 Å². The average Bonchev–Trinajstić information content (AvgIpc) is 3.33. The van der Waals surface area contributed by atoms with E-state index in [1.807, 2.05) is 43.4 Å². The summed E-state index contributed by atoms with van der Waals surface area (Å²) in [5, 5.41) is 6.51. The van der Waals surface area contributed by atoms with Crippen molar-refractivity contribution in [2.24, 2.45) is 7.05 Å². The lowest BCUT2D eigenvalue weighted by atomic mass is 10.1. The molecule has 1 N–H and O–H groups in total. The van der Waals surface area contributed by atoms with Gasteiger partial charge in [-0.2, -0.15) is 5.10 Å². The first-order chi connectivity index (χ1) is 15.1. The minimum atomic E-state index is -0.0741. The van der Waals surface area contributed by atoms with E-state index in [-0.39, 0.29) is 11.5 Å². The number of benzene rings is 2. The van der Waals surface area contributed by atoms with Crippen molar-refractivity contribution in [3.63, 3.8) is 0 Å². The maximum atomic E-state index is 12.9. The zero-order chi connectivity index (χ0) is 21.4. The largest absolute Gasteiger partial charge is 0.456 e. The maximum absolute atomic E-state index is 12.9. The molecule has 0 aliphatic rings. The van der Waals surface area contributed by atoms with Gasteiger partial charge < -0.3 is 9.72 Å². The molecule has 2 aromatic carbocycles. The summed E-state index contributed by atoms with van der Waals surface area (Å²) < 4.78 is 7.53. The highest BCUT2D eigenvalue weighted by atomic mass is 35.5. The molecule has 0 aliphatic carbocycles. The predicted molar refractivity (Wildman–Crippen MR) is 121 cm³/mol. The number of imidazole rings is 1. The second-order valence-electron chi connectivity index (χ2n) is 6.86. The number of nitrogens with zero attached hydrogens (tertiary/aromatic N) is 4. The number of ether oxygens (including phenoxy) is 1. The molecule has 0 bridgehead atoms. The first-order valence-corrected chi connectivity index (χ1v) is 10.8. The van der Waals surface area contributed by atoms with Gasteiger partial charge in [0.1, 0.15) is 17.2 Å². The second kappa shape index (κ2) is 8.05. The normalized spacial score (nSPS) is 11.3. The van der Waals surface area contributed by atoms with Gasteiger partial charge in [0, 0.05) is 29.7 Å². The molecule has 5 rings (SSSR count). The van der Waals surface area contributed by atoms with E-state index >= 15 is 0 Å². The molecule has 0 amide bonds. The Balaban J connectivity index is 1.35. The zero-order valence-corrected chi connectivity index (χ0v) is 17.9. The lowest BCUT2D eigenvalue weighted by molar-refractivity contribution is 0.101. The van der Waals surface area contributed by atoms with E-state index in [4.69, 9.17) is 16.3 Å². The van der Waals surface area contributed by atoms with Crippen molar-refractivity contribution in [3.05, 3.63) is 71.6 Å². The number of H-pyrrole nitrogens is 1. The van der Waals surface area contributed by atoms with E-state index in [1.54, 1.807) is 29.2 Å². The molecule has 0 atom stereocenters. The third-order valence-corrected chi connectivity index (χ3v) is 5.83. The van der Waals surface area contributed by atoms with E-state index in [2.05, 4.69) is 20.1 Å². The van der Waals surface area contributed by atoms with Gasteiger partial charge in [0.15, 0.2) is 10.9 Å². The molecule has 3 aromatic heterocycles. The summed E-state index contributed by atoms with van der Waals surface area (Å²) in [6.07, 6.45) is 3.33. The molecule has 5 aromatic rings. The third-order valence-electron chi connectivity index (χ3n) is 4.72. The number of hydrogen-bond acceptors (Lipinski definition) is 6. The Bertz CT molecular complexity index is 1410. The molecule has 9 heteroatoms. The number of thioether (sulfide) groups is 1. The zero-order valence-electron chi connectivity index (χ0n) is 16.4. The Morgan fingerprint density at radius 1 is 1.19 bits per heavy atom. The van der Waals surface area contributed by atoms with Crippen LogP contribution in [0.4, 0.5) is 0 Å². The Morgan fingerprint density at radius 3 is 2.94 bits per heavy atom. The van der Waals surface area contributed by atoms with Crippen LogP contribution in [0.15, 0.2) is 66.1 Å². The molecule has 7 nitrogen and oxygen atoms in total. The molecule has 3 heterocycles. The van der Waals surface area contributed by atoms with E-state index in [0.29, 0.717) is 27.4 Å². The molecular weight excluding hydrogens is 434 g/mol. The fraction of sp³-hybridized carbons (Fsp3) is 0.0909. The number of hydrogen-bond donors (Lipinski definition) is 1. The number of aromatic amines is 1. The molecular formula is C22H16ClN5O2S. The van der Waals surface area contributed by atoms with E-state index in [1.165, 1.54) is 11.8 Å². The number of halogens is 1. The number of carbonyl (C=O) groups excluding carboxylic acids is 1. The number of carbonyl (C=O) groups is 1. The monoisotopic (exact) mass is 449 g/mol. The number of ketones is 1. The summed E-state index contributed by atoms with van der Waals surface area (Å²) in [5.41, 5.74) is 2.89. The highest BCUT2D eigenvalue weighted by molar-refractivity contribution is 7.99. The fourth-order valence-corrected chi connectivity index (χ4v) is 4.19. The maximum Gasteiger partial charge on any atom is 0.194 e. The summed E-state index contributed by atoms with van der Waals surface area (Å²) in [6.45, 7) is 0. The van der Waals surface area contributed by atoms with Crippen LogP contribution in [0.25, 0.3) is 21.9 Å². The minimum absolute atomic E-state index is 0.0741. The molecule has 154 valence electrons. The quantitative estimate of drug-likeness (QED) is 0.281. The smallest absolute Gasteiger partial charge is 0.194 e. The van der Waals surface area contributed by atoms with Crippen molar-refractivity contribution < 1.29 is 9.53 Å². The minimum Gasteiger partial charge on any atom is -0.456 e. The third kappa shape index (κ3) is 3.99. The van der Waals surface area contributed by atoms with Crippen LogP contribution in [-0.4, -0.2) is 36.3 Å². The first kappa shape index (κ1) is 19.6. The lowest BCUT2D eigenvalue weighted by Gasteiger charge is -2.05. The summed E-state index contributed by atoms with van der Waals surface area (Å²) in [7, 11) is 1.81. The van der Waals surface area contributed by atoms with Crippen LogP contribution in [-0.2, 0) is 7.05 Å². The first-order valence-electron chi connectivity index (χ1n) is 9.43. The van der Waals surface area contributed by atoms with Crippen LogP contribution in [0.5, 0.6) is 11.5 Å². The Hall–Kier alpha value is -3.36. The number of nitrogens with one attached hydrogen (secondary N) is 1. The average molecular weight is 450 g/mol. The Labute approximate surface area is 186 Å². The van der Waals surface area contributed by atoms with Gasteiger partial charge in [0.05, 0.1) is 28.5 Å². The van der Waals surface area contributed by atoms with Gasteiger partial charge in [-0.1, -0.05) is 23.4 Å². The van der Waals surface area contributed by atoms with Gasteiger partial charge in [-0.15, -0.1) is 0 Å². The number of Topliss-reactive ketones (excluding diaryl/α,β-unsaturated/α-hetero) is 1. The summed E-state index contributed by atoms with van der Waals surface area (Å²) in [4.78, 5) is 24.6.